The summed E-state index contributed by atoms with van der Waals surface area (Å²) >= 11 is 0. The Morgan fingerprint density at radius 2 is 1.77 bits per heavy atom. The van der Waals surface area contributed by atoms with Crippen LogP contribution in [0.1, 0.15) is 23.1 Å². The van der Waals surface area contributed by atoms with E-state index in [0.717, 1.165) is 17.7 Å². The average Bonchev–Trinajstić information content (AvgIpc) is 3.04. The highest BCUT2D eigenvalue weighted by molar-refractivity contribution is 7.85. The predicted octanol–water partition coefficient (Wildman–Crippen LogP) is 2.79. The highest BCUT2D eigenvalue weighted by atomic mass is 32.2. The van der Waals surface area contributed by atoms with E-state index in [9.17, 15) is 31.6 Å². The first-order chi connectivity index (χ1) is 22.5. The zero-order chi connectivity index (χ0) is 33.7. The van der Waals surface area contributed by atoms with Crippen LogP contribution in [-0.2, 0) is 44.1 Å². The highest BCUT2D eigenvalue weighted by Gasteiger charge is 2.51. The van der Waals surface area contributed by atoms with Gasteiger partial charge in [0, 0.05) is 44.6 Å². The molecule has 47 heavy (non-hydrogen) atoms. The van der Waals surface area contributed by atoms with Gasteiger partial charge in [-0.05, 0) is 35.7 Å². The molecule has 3 aromatic carbocycles. The van der Waals surface area contributed by atoms with Gasteiger partial charge in [-0.3, -0.25) is 14.4 Å². The van der Waals surface area contributed by atoms with Crippen LogP contribution >= 0.6 is 0 Å². The van der Waals surface area contributed by atoms with Gasteiger partial charge in [0.1, 0.15) is 29.6 Å². The number of nitrogens with zero attached hydrogens (tertiary/aromatic N) is 4. The maximum Gasteiger partial charge on any atom is 0.382 e. The highest BCUT2D eigenvalue weighted by Crippen LogP contribution is 2.30. The van der Waals surface area contributed by atoms with Gasteiger partial charge < -0.3 is 14.0 Å². The molecule has 0 aliphatic carbocycles. The Kier molecular flexibility index (Phi) is 10.3. The normalized spacial score (nSPS) is 18.7. The largest absolute Gasteiger partial charge is 0.382 e. The van der Waals surface area contributed by atoms with Crippen LogP contribution in [0.3, 0.4) is 0 Å². The van der Waals surface area contributed by atoms with E-state index in [1.165, 1.54) is 40.1 Å². The SMILES string of the molecule is C=CCN1CC(=O)N2[C@@H](Cc3ccc(OS(=O)(=O)NC)cc3)C(=O)N(Cc3ccc(F)cc3F)C[C@@H]2N1C(=O)CCc1ccccc1. The van der Waals surface area contributed by atoms with Crippen molar-refractivity contribution in [2.75, 3.05) is 26.7 Å². The van der Waals surface area contributed by atoms with Gasteiger partial charge in [0.25, 0.3) is 0 Å². The fourth-order valence-corrected chi connectivity index (χ4v) is 6.29. The summed E-state index contributed by atoms with van der Waals surface area (Å²) in [5.41, 5.74) is 1.61. The summed E-state index contributed by atoms with van der Waals surface area (Å²) < 4.78 is 59.1. The van der Waals surface area contributed by atoms with Crippen LogP contribution in [0.15, 0.2) is 85.5 Å². The minimum atomic E-state index is -4.00. The Morgan fingerprint density at radius 1 is 1.04 bits per heavy atom. The number of hydrogen-bond donors (Lipinski definition) is 1. The monoisotopic (exact) mass is 667 g/mol. The predicted molar refractivity (Wildman–Crippen MR) is 168 cm³/mol. The summed E-state index contributed by atoms with van der Waals surface area (Å²) in [4.78, 5) is 44.6. The lowest BCUT2D eigenvalue weighted by Gasteiger charge is -2.55. The second-order valence-electron chi connectivity index (χ2n) is 11.2. The number of aryl methyl sites for hydroxylation is 1. The van der Waals surface area contributed by atoms with E-state index in [1.54, 1.807) is 23.2 Å². The van der Waals surface area contributed by atoms with Gasteiger partial charge in [0.2, 0.25) is 17.7 Å². The van der Waals surface area contributed by atoms with Gasteiger partial charge in [0.05, 0.1) is 13.1 Å². The van der Waals surface area contributed by atoms with Gasteiger partial charge in [-0.25, -0.2) is 18.8 Å². The van der Waals surface area contributed by atoms with Crippen molar-refractivity contribution >= 4 is 28.0 Å². The van der Waals surface area contributed by atoms with Crippen molar-refractivity contribution in [2.24, 2.45) is 0 Å². The van der Waals surface area contributed by atoms with Crippen LogP contribution in [0, 0.1) is 11.6 Å². The first kappa shape index (κ1) is 33.7. The lowest BCUT2D eigenvalue weighted by atomic mass is 9.98. The van der Waals surface area contributed by atoms with Crippen LogP contribution in [-0.4, -0.2) is 84.8 Å². The average molecular weight is 668 g/mol. The number of carbonyl (C=O) groups is 3. The Balaban J connectivity index is 1.49. The number of nitrogens with one attached hydrogen (secondary N) is 1. The quantitative estimate of drug-likeness (QED) is 0.295. The molecule has 1 N–H and O–H groups in total. The lowest BCUT2D eigenvalue weighted by molar-refractivity contribution is -0.205. The number of benzene rings is 3. The molecule has 11 nitrogen and oxygen atoms in total. The zero-order valence-electron chi connectivity index (χ0n) is 25.7. The molecule has 14 heteroatoms. The van der Waals surface area contributed by atoms with E-state index in [4.69, 9.17) is 4.18 Å². The van der Waals surface area contributed by atoms with Crippen LogP contribution in [0.2, 0.25) is 0 Å². The molecule has 5 rings (SSSR count). The van der Waals surface area contributed by atoms with Crippen molar-refractivity contribution in [3.05, 3.63) is 114 Å². The standard InChI is InChI=1S/C33H35F2N5O6S/c1-3-17-38-22-32(42)39-29(18-24-9-14-27(15-10-24)46-47(44,45)36-2)33(43)37(20-25-12-13-26(34)19-28(25)35)21-30(39)40(38)31(41)16-11-23-7-5-4-6-8-23/h3-10,12-15,19,29-30,36H,1,11,16-18,20-22H2,2H3/t29-,30-/m0/s1. The molecule has 2 aliphatic heterocycles. The molecule has 2 saturated heterocycles. The summed E-state index contributed by atoms with van der Waals surface area (Å²) in [6.07, 6.45) is 1.24. The Hall–Kier alpha value is -4.66. The van der Waals surface area contributed by atoms with Crippen LogP contribution in [0.4, 0.5) is 8.78 Å². The molecule has 2 fully saturated rings. The molecule has 248 valence electrons. The minimum absolute atomic E-state index is 0.00996. The van der Waals surface area contributed by atoms with Gasteiger partial charge >= 0.3 is 10.3 Å². The molecule has 0 saturated carbocycles. The fourth-order valence-electron chi connectivity index (χ4n) is 5.84. The van der Waals surface area contributed by atoms with E-state index in [2.05, 4.69) is 11.3 Å². The van der Waals surface area contributed by atoms with Gasteiger partial charge in [-0.2, -0.15) is 13.1 Å². The second-order valence-corrected chi connectivity index (χ2v) is 12.7. The topological polar surface area (TPSA) is 120 Å². The summed E-state index contributed by atoms with van der Waals surface area (Å²) in [5, 5.41) is 3.10. The van der Waals surface area contributed by atoms with E-state index in [-0.39, 0.29) is 62.1 Å². The summed E-state index contributed by atoms with van der Waals surface area (Å²) in [6, 6.07) is 17.5. The van der Waals surface area contributed by atoms with E-state index >= 15 is 0 Å². The number of rotatable bonds is 12. The number of piperazine rings is 1. The first-order valence-corrected chi connectivity index (χ1v) is 16.4. The van der Waals surface area contributed by atoms with E-state index < -0.39 is 40.1 Å². The third-order valence-electron chi connectivity index (χ3n) is 8.08. The van der Waals surface area contributed by atoms with Crippen molar-refractivity contribution in [3.8, 4) is 5.75 Å². The maximum absolute atomic E-state index is 14.8. The molecule has 0 radical (unpaired) electrons. The molecule has 0 spiro atoms. The maximum atomic E-state index is 14.8. The minimum Gasteiger partial charge on any atom is -0.371 e. The number of fused-ring (bicyclic) bond motifs is 1. The van der Waals surface area contributed by atoms with E-state index in [1.807, 2.05) is 30.3 Å². The lowest BCUT2D eigenvalue weighted by Crippen LogP contribution is -2.75. The molecule has 3 aromatic rings. The fraction of sp³-hybridized carbons (Fsp3) is 0.303. The van der Waals surface area contributed by atoms with Crippen molar-refractivity contribution in [1.29, 1.82) is 0 Å². The molecule has 2 aliphatic rings. The Labute approximate surface area is 272 Å². The van der Waals surface area contributed by atoms with E-state index in [0.29, 0.717) is 12.0 Å². The molecule has 0 aromatic heterocycles. The third-order valence-corrected chi connectivity index (χ3v) is 8.99. The number of hydrogen-bond acceptors (Lipinski definition) is 7. The van der Waals surface area contributed by atoms with Crippen molar-refractivity contribution in [2.45, 2.75) is 38.0 Å². The van der Waals surface area contributed by atoms with Gasteiger partial charge in [0.15, 0.2) is 0 Å². The van der Waals surface area contributed by atoms with Crippen LogP contribution < -0.4 is 8.91 Å². The molecular weight excluding hydrogens is 632 g/mol. The summed E-state index contributed by atoms with van der Waals surface area (Å²) in [6.45, 7) is 3.46. The molecule has 2 heterocycles. The molecule has 2 atom stereocenters. The molecule has 0 bridgehead atoms. The Morgan fingerprint density at radius 3 is 2.43 bits per heavy atom. The zero-order valence-corrected chi connectivity index (χ0v) is 26.5. The smallest absolute Gasteiger partial charge is 0.371 e. The number of carbonyl (C=O) groups excluding carboxylic acids is 3. The van der Waals surface area contributed by atoms with Crippen LogP contribution in [0.5, 0.6) is 5.75 Å². The number of hydrazine groups is 1. The summed E-state index contributed by atoms with van der Waals surface area (Å²) in [7, 11) is -2.79. The molecular formula is C33H35F2N5O6S. The second kappa shape index (κ2) is 14.4. The molecule has 0 unspecified atom stereocenters. The van der Waals surface area contributed by atoms with Crippen molar-refractivity contribution in [3.63, 3.8) is 0 Å². The van der Waals surface area contributed by atoms with Crippen molar-refractivity contribution < 1.29 is 35.8 Å². The number of halogens is 2. The van der Waals surface area contributed by atoms with Crippen LogP contribution in [0.25, 0.3) is 0 Å². The van der Waals surface area contributed by atoms with Gasteiger partial charge in [-0.1, -0.05) is 54.6 Å². The first-order valence-electron chi connectivity index (χ1n) is 15.0. The van der Waals surface area contributed by atoms with Crippen molar-refractivity contribution in [1.82, 2.24) is 24.5 Å². The third kappa shape index (κ3) is 7.84. The van der Waals surface area contributed by atoms with Gasteiger partial charge in [-0.15, -0.1) is 6.58 Å². The number of amides is 3. The molecule has 3 amide bonds. The summed E-state index contributed by atoms with van der Waals surface area (Å²) in [5.74, 6) is -2.68. The Bertz CT molecular complexity index is 1740.